The molecule has 0 aliphatic heterocycles. The number of aromatic nitrogens is 1. The van der Waals surface area contributed by atoms with Crippen molar-refractivity contribution in [3.05, 3.63) is 48.8 Å². The Morgan fingerprint density at radius 3 is 2.35 bits per heavy atom. The molecule has 0 saturated heterocycles. The molecule has 0 radical (unpaired) electrons. The predicted molar refractivity (Wildman–Crippen MR) is 79.1 cm³/mol. The Morgan fingerprint density at radius 2 is 1.80 bits per heavy atom. The van der Waals surface area contributed by atoms with Crippen molar-refractivity contribution < 1.29 is 9.90 Å². The van der Waals surface area contributed by atoms with Gasteiger partial charge in [0.05, 0.1) is 12.1 Å². The van der Waals surface area contributed by atoms with Gasteiger partial charge >= 0.3 is 6.03 Å². The Bertz CT molecular complexity index is 559. The second-order valence-corrected chi connectivity index (χ2v) is 5.26. The average molecular weight is 273 g/mol. The number of rotatable bonds is 4. The van der Waals surface area contributed by atoms with Gasteiger partial charge in [-0.15, -0.1) is 0 Å². The number of aliphatic hydroxyl groups is 1. The summed E-state index contributed by atoms with van der Waals surface area (Å²) >= 11 is 0. The molecule has 0 bridgehead atoms. The van der Waals surface area contributed by atoms with Crippen molar-refractivity contribution >= 4 is 11.7 Å². The van der Waals surface area contributed by atoms with Gasteiger partial charge in [0.15, 0.2) is 0 Å². The zero-order valence-electron chi connectivity index (χ0n) is 11.6. The minimum Gasteiger partial charge on any atom is -0.394 e. The molecule has 1 heterocycles. The molecular weight excluding hydrogens is 254 g/mol. The van der Waals surface area contributed by atoms with E-state index in [4.69, 9.17) is 5.11 Å². The van der Waals surface area contributed by atoms with Crippen LogP contribution >= 0.6 is 0 Å². The number of carbonyl (C=O) groups is 1. The average Bonchev–Trinajstić information content (AvgIpc) is 2.93. The van der Waals surface area contributed by atoms with Gasteiger partial charge in [-0.2, -0.15) is 0 Å². The number of hydrogen-bond acceptors (Lipinski definition) is 2. The van der Waals surface area contributed by atoms with Crippen LogP contribution in [0.25, 0.3) is 5.69 Å². The normalized spacial score (nSPS) is 11.2. The van der Waals surface area contributed by atoms with Gasteiger partial charge in [-0.25, -0.2) is 4.79 Å². The van der Waals surface area contributed by atoms with Gasteiger partial charge in [-0.05, 0) is 50.2 Å². The van der Waals surface area contributed by atoms with Crippen LogP contribution in [-0.2, 0) is 0 Å². The first-order valence-corrected chi connectivity index (χ1v) is 6.44. The molecule has 2 amide bonds. The summed E-state index contributed by atoms with van der Waals surface area (Å²) in [5.41, 5.74) is 1.08. The highest BCUT2D eigenvalue weighted by Gasteiger charge is 2.18. The van der Waals surface area contributed by atoms with Gasteiger partial charge in [0.25, 0.3) is 0 Å². The van der Waals surface area contributed by atoms with E-state index in [-0.39, 0.29) is 12.6 Å². The Kier molecular flexibility index (Phi) is 4.10. The third kappa shape index (κ3) is 3.61. The summed E-state index contributed by atoms with van der Waals surface area (Å²) in [7, 11) is 0. The molecule has 5 heteroatoms. The topological polar surface area (TPSA) is 66.3 Å². The first kappa shape index (κ1) is 14.1. The van der Waals surface area contributed by atoms with Crippen LogP contribution in [0, 0.1) is 0 Å². The third-order valence-electron chi connectivity index (χ3n) is 2.87. The number of benzene rings is 1. The molecule has 106 valence electrons. The predicted octanol–water partition coefficient (Wildman–Crippen LogP) is 2.37. The molecule has 20 heavy (non-hydrogen) atoms. The monoisotopic (exact) mass is 273 g/mol. The SMILES string of the molecule is CC(C)(CO)NC(=O)Nc1ccc(-n2cccc2)cc1. The number of nitrogens with one attached hydrogen (secondary N) is 2. The fourth-order valence-corrected chi connectivity index (χ4v) is 1.73. The Balaban J connectivity index is 1.99. The van der Waals surface area contributed by atoms with Crippen LogP contribution in [0.2, 0.25) is 0 Å². The highest BCUT2D eigenvalue weighted by molar-refractivity contribution is 5.89. The maximum absolute atomic E-state index is 11.8. The minimum atomic E-state index is -0.644. The van der Waals surface area contributed by atoms with Crippen molar-refractivity contribution in [1.82, 2.24) is 9.88 Å². The standard InChI is InChI=1S/C15H19N3O2/c1-15(2,11-19)17-14(20)16-12-5-7-13(8-6-12)18-9-3-4-10-18/h3-10,19H,11H2,1-2H3,(H2,16,17,20). The lowest BCUT2D eigenvalue weighted by molar-refractivity contribution is 0.187. The highest BCUT2D eigenvalue weighted by Crippen LogP contribution is 2.13. The largest absolute Gasteiger partial charge is 0.394 e. The van der Waals surface area contributed by atoms with Crippen molar-refractivity contribution in [2.75, 3.05) is 11.9 Å². The van der Waals surface area contributed by atoms with E-state index in [2.05, 4.69) is 10.6 Å². The fraction of sp³-hybridized carbons (Fsp3) is 0.267. The molecule has 5 nitrogen and oxygen atoms in total. The zero-order valence-corrected chi connectivity index (χ0v) is 11.6. The van der Waals surface area contributed by atoms with Gasteiger partial charge in [0.1, 0.15) is 0 Å². The molecule has 1 aromatic carbocycles. The maximum Gasteiger partial charge on any atom is 0.319 e. The molecule has 0 atom stereocenters. The summed E-state index contributed by atoms with van der Waals surface area (Å²) < 4.78 is 1.98. The molecule has 0 spiro atoms. The number of carbonyl (C=O) groups excluding carboxylic acids is 1. The second-order valence-electron chi connectivity index (χ2n) is 5.26. The highest BCUT2D eigenvalue weighted by atomic mass is 16.3. The van der Waals surface area contributed by atoms with Crippen LogP contribution in [0.3, 0.4) is 0 Å². The molecule has 3 N–H and O–H groups in total. The van der Waals surface area contributed by atoms with Gasteiger partial charge in [-0.1, -0.05) is 0 Å². The van der Waals surface area contributed by atoms with Crippen LogP contribution in [0.1, 0.15) is 13.8 Å². The first-order chi connectivity index (χ1) is 9.50. The molecule has 0 aliphatic carbocycles. The second kappa shape index (κ2) is 5.79. The van der Waals surface area contributed by atoms with E-state index in [0.717, 1.165) is 5.69 Å². The smallest absolute Gasteiger partial charge is 0.319 e. The molecule has 2 aromatic rings. The number of amides is 2. The lowest BCUT2D eigenvalue weighted by Crippen LogP contribution is -2.48. The van der Waals surface area contributed by atoms with Crippen LogP contribution in [0.4, 0.5) is 10.5 Å². The summed E-state index contributed by atoms with van der Waals surface area (Å²) in [4.78, 5) is 11.8. The van der Waals surface area contributed by atoms with Crippen LogP contribution in [0.5, 0.6) is 0 Å². The van der Waals surface area contributed by atoms with Gasteiger partial charge < -0.3 is 20.3 Å². The van der Waals surface area contributed by atoms with Crippen LogP contribution in [-0.4, -0.2) is 27.9 Å². The van der Waals surface area contributed by atoms with Crippen molar-refractivity contribution in [1.29, 1.82) is 0 Å². The van der Waals surface area contributed by atoms with Crippen molar-refractivity contribution in [3.63, 3.8) is 0 Å². The van der Waals surface area contributed by atoms with E-state index in [9.17, 15) is 4.79 Å². The Hall–Kier alpha value is -2.27. The van der Waals surface area contributed by atoms with E-state index in [1.54, 1.807) is 13.8 Å². The fourth-order valence-electron chi connectivity index (χ4n) is 1.73. The minimum absolute atomic E-state index is 0.118. The molecule has 2 rings (SSSR count). The van der Waals surface area contributed by atoms with Crippen molar-refractivity contribution in [3.8, 4) is 5.69 Å². The lowest BCUT2D eigenvalue weighted by atomic mass is 10.1. The number of anilines is 1. The maximum atomic E-state index is 11.8. The van der Waals surface area contributed by atoms with Crippen LogP contribution in [0.15, 0.2) is 48.8 Å². The molecule has 0 unspecified atom stereocenters. The molecule has 0 saturated carbocycles. The summed E-state index contributed by atoms with van der Waals surface area (Å²) in [5.74, 6) is 0. The molecular formula is C15H19N3O2. The van der Waals surface area contributed by atoms with Crippen molar-refractivity contribution in [2.45, 2.75) is 19.4 Å². The van der Waals surface area contributed by atoms with Gasteiger partial charge in [0.2, 0.25) is 0 Å². The Morgan fingerprint density at radius 1 is 1.20 bits per heavy atom. The van der Waals surface area contributed by atoms with Crippen LogP contribution < -0.4 is 10.6 Å². The van der Waals surface area contributed by atoms with E-state index >= 15 is 0 Å². The van der Waals surface area contributed by atoms with E-state index < -0.39 is 5.54 Å². The summed E-state index contributed by atoms with van der Waals surface area (Å²) in [6, 6.07) is 11.1. The van der Waals surface area contributed by atoms with Gasteiger partial charge in [-0.3, -0.25) is 0 Å². The number of aliphatic hydroxyl groups excluding tert-OH is 1. The third-order valence-corrected chi connectivity index (χ3v) is 2.87. The molecule has 1 aromatic heterocycles. The Labute approximate surface area is 118 Å². The number of urea groups is 1. The zero-order chi connectivity index (χ0) is 14.6. The van der Waals surface area contributed by atoms with E-state index in [1.165, 1.54) is 0 Å². The summed E-state index contributed by atoms with van der Waals surface area (Å²) in [6.07, 6.45) is 3.91. The lowest BCUT2D eigenvalue weighted by Gasteiger charge is -2.23. The first-order valence-electron chi connectivity index (χ1n) is 6.44. The van der Waals surface area contributed by atoms with Gasteiger partial charge in [0, 0.05) is 23.8 Å². The molecule has 0 aliphatic rings. The van der Waals surface area contributed by atoms with E-state index in [0.29, 0.717) is 5.69 Å². The summed E-state index contributed by atoms with van der Waals surface area (Å²) in [6.45, 7) is 3.39. The summed E-state index contributed by atoms with van der Waals surface area (Å²) in [5, 5.41) is 14.5. The number of hydrogen-bond donors (Lipinski definition) is 3. The van der Waals surface area contributed by atoms with Crippen molar-refractivity contribution in [2.24, 2.45) is 0 Å². The molecule has 0 fully saturated rings. The van der Waals surface area contributed by atoms with E-state index in [1.807, 2.05) is 53.4 Å². The number of nitrogens with zero attached hydrogens (tertiary/aromatic N) is 1. The quantitative estimate of drug-likeness (QED) is 0.800.